The average molecular weight is 359 g/mol. The molecule has 0 fully saturated rings. The molecule has 138 valence electrons. The van der Waals surface area contributed by atoms with Crippen LogP contribution in [0.4, 0.5) is 5.95 Å². The largest absolute Gasteiger partial charge is 0.394 e. The van der Waals surface area contributed by atoms with Crippen LogP contribution in [0.15, 0.2) is 39.9 Å². The van der Waals surface area contributed by atoms with Crippen LogP contribution in [0.5, 0.6) is 0 Å². The zero-order valence-electron chi connectivity index (χ0n) is 14.6. The van der Waals surface area contributed by atoms with E-state index >= 15 is 0 Å². The highest BCUT2D eigenvalue weighted by Gasteiger charge is 2.18. The van der Waals surface area contributed by atoms with Crippen LogP contribution in [0.2, 0.25) is 0 Å². The summed E-state index contributed by atoms with van der Waals surface area (Å²) in [6, 6.07) is 9.27. The van der Waals surface area contributed by atoms with Gasteiger partial charge in [0.25, 0.3) is 5.56 Å². The monoisotopic (exact) mass is 359 g/mol. The van der Waals surface area contributed by atoms with E-state index in [9.17, 15) is 14.7 Å². The smallest absolute Gasteiger partial charge is 0.332 e. The highest BCUT2D eigenvalue weighted by molar-refractivity contribution is 5.74. The van der Waals surface area contributed by atoms with Crippen LogP contribution in [0.1, 0.15) is 5.56 Å². The SMILES string of the molecule is Cn1c(NC[C@H](O)CO)nc2c1c(=O)n(Cc1ccccc1)c(=O)n2C. The van der Waals surface area contributed by atoms with Crippen molar-refractivity contribution in [2.75, 3.05) is 18.5 Å². The van der Waals surface area contributed by atoms with Crippen molar-refractivity contribution in [1.29, 1.82) is 0 Å². The van der Waals surface area contributed by atoms with Gasteiger partial charge >= 0.3 is 5.69 Å². The molecule has 2 aromatic heterocycles. The van der Waals surface area contributed by atoms with Gasteiger partial charge in [-0.2, -0.15) is 4.98 Å². The fourth-order valence-electron chi connectivity index (χ4n) is 2.78. The second kappa shape index (κ2) is 7.14. The highest BCUT2D eigenvalue weighted by atomic mass is 16.3. The van der Waals surface area contributed by atoms with Gasteiger partial charge in [0.2, 0.25) is 5.95 Å². The van der Waals surface area contributed by atoms with Gasteiger partial charge in [-0.25, -0.2) is 4.79 Å². The Bertz CT molecular complexity index is 1040. The van der Waals surface area contributed by atoms with E-state index in [-0.39, 0.29) is 30.9 Å². The van der Waals surface area contributed by atoms with Crippen LogP contribution in [-0.4, -0.2) is 48.2 Å². The number of aliphatic hydroxyl groups is 2. The number of hydrogen-bond acceptors (Lipinski definition) is 6. The molecule has 3 rings (SSSR count). The summed E-state index contributed by atoms with van der Waals surface area (Å²) >= 11 is 0. The minimum atomic E-state index is -0.951. The van der Waals surface area contributed by atoms with Crippen molar-refractivity contribution in [2.45, 2.75) is 12.6 Å². The summed E-state index contributed by atoms with van der Waals surface area (Å²) < 4.78 is 4.04. The van der Waals surface area contributed by atoms with Crippen LogP contribution in [0, 0.1) is 0 Å². The van der Waals surface area contributed by atoms with E-state index in [0.717, 1.165) is 5.56 Å². The Balaban J connectivity index is 2.10. The van der Waals surface area contributed by atoms with Gasteiger partial charge in [-0.1, -0.05) is 30.3 Å². The van der Waals surface area contributed by atoms with Gasteiger partial charge in [0.1, 0.15) is 0 Å². The Labute approximate surface area is 148 Å². The average Bonchev–Trinajstić information content (AvgIpc) is 2.99. The minimum absolute atomic E-state index is 0.0693. The minimum Gasteiger partial charge on any atom is -0.394 e. The fourth-order valence-corrected chi connectivity index (χ4v) is 2.78. The molecular formula is C17H21N5O4. The second-order valence-corrected chi connectivity index (χ2v) is 6.10. The van der Waals surface area contributed by atoms with Crippen molar-refractivity contribution in [1.82, 2.24) is 18.7 Å². The lowest BCUT2D eigenvalue weighted by atomic mass is 10.2. The van der Waals surface area contributed by atoms with E-state index in [0.29, 0.717) is 5.95 Å². The number of hydrogen-bond donors (Lipinski definition) is 3. The number of fused-ring (bicyclic) bond motifs is 1. The van der Waals surface area contributed by atoms with Gasteiger partial charge in [-0.05, 0) is 5.56 Å². The number of anilines is 1. The van der Waals surface area contributed by atoms with Crippen LogP contribution >= 0.6 is 0 Å². The first kappa shape index (κ1) is 17.9. The Morgan fingerprint density at radius 3 is 2.50 bits per heavy atom. The van der Waals surface area contributed by atoms with Crippen LogP contribution in [0.25, 0.3) is 11.2 Å². The van der Waals surface area contributed by atoms with Gasteiger partial charge < -0.3 is 20.1 Å². The molecule has 1 atom stereocenters. The zero-order valence-corrected chi connectivity index (χ0v) is 14.6. The number of aromatic nitrogens is 4. The number of benzene rings is 1. The molecule has 0 radical (unpaired) electrons. The van der Waals surface area contributed by atoms with Gasteiger partial charge in [0.15, 0.2) is 11.2 Å². The Morgan fingerprint density at radius 1 is 1.15 bits per heavy atom. The first-order valence-corrected chi connectivity index (χ1v) is 8.17. The van der Waals surface area contributed by atoms with Crippen molar-refractivity contribution >= 4 is 17.1 Å². The highest BCUT2D eigenvalue weighted by Crippen LogP contribution is 2.13. The lowest BCUT2D eigenvalue weighted by molar-refractivity contribution is 0.105. The first-order valence-electron chi connectivity index (χ1n) is 8.17. The van der Waals surface area contributed by atoms with E-state index in [1.165, 1.54) is 9.13 Å². The maximum Gasteiger partial charge on any atom is 0.332 e. The zero-order chi connectivity index (χ0) is 18.8. The molecule has 0 spiro atoms. The Hall–Kier alpha value is -2.91. The summed E-state index contributed by atoms with van der Waals surface area (Å²) in [6.45, 7) is -0.154. The molecule has 9 heteroatoms. The third-order valence-electron chi connectivity index (χ3n) is 4.25. The molecule has 0 amide bonds. The molecule has 0 bridgehead atoms. The normalized spacial score (nSPS) is 12.5. The maximum absolute atomic E-state index is 12.9. The lowest BCUT2D eigenvalue weighted by Crippen LogP contribution is -2.39. The number of aliphatic hydroxyl groups excluding tert-OH is 2. The van der Waals surface area contributed by atoms with E-state index in [1.54, 1.807) is 18.7 Å². The number of imidazole rings is 1. The van der Waals surface area contributed by atoms with Gasteiger partial charge in [0.05, 0.1) is 19.3 Å². The molecule has 0 aliphatic carbocycles. The number of nitrogens with zero attached hydrogens (tertiary/aromatic N) is 4. The van der Waals surface area contributed by atoms with E-state index in [1.807, 2.05) is 30.3 Å². The van der Waals surface area contributed by atoms with E-state index in [2.05, 4.69) is 10.3 Å². The molecule has 1 aromatic carbocycles. The fraction of sp³-hybridized carbons (Fsp3) is 0.353. The molecular weight excluding hydrogens is 338 g/mol. The predicted molar refractivity (Wildman–Crippen MR) is 97.3 cm³/mol. The summed E-state index contributed by atoms with van der Waals surface area (Å²) in [5, 5.41) is 21.3. The molecule has 3 N–H and O–H groups in total. The van der Waals surface area contributed by atoms with Gasteiger partial charge in [-0.15, -0.1) is 0 Å². The predicted octanol–water partition coefficient (Wildman–Crippen LogP) is -0.753. The number of rotatable bonds is 6. The number of aryl methyl sites for hydroxylation is 2. The molecule has 0 saturated heterocycles. The lowest BCUT2D eigenvalue weighted by Gasteiger charge is -2.10. The van der Waals surface area contributed by atoms with Crippen LogP contribution in [0.3, 0.4) is 0 Å². The molecule has 0 aliphatic heterocycles. The van der Waals surface area contributed by atoms with Crippen molar-refractivity contribution in [2.24, 2.45) is 14.1 Å². The summed E-state index contributed by atoms with van der Waals surface area (Å²) in [4.78, 5) is 29.8. The van der Waals surface area contributed by atoms with Crippen molar-refractivity contribution in [3.05, 3.63) is 56.7 Å². The molecule has 9 nitrogen and oxygen atoms in total. The third kappa shape index (κ3) is 3.14. The van der Waals surface area contributed by atoms with Crippen LogP contribution < -0.4 is 16.6 Å². The summed E-state index contributed by atoms with van der Waals surface area (Å²) in [7, 11) is 3.21. The maximum atomic E-state index is 12.9. The van der Waals surface area contributed by atoms with Crippen molar-refractivity contribution in [3.63, 3.8) is 0 Å². The molecule has 0 unspecified atom stereocenters. The summed E-state index contributed by atoms with van der Waals surface area (Å²) in [5.41, 5.74) is 0.499. The topological polar surface area (TPSA) is 114 Å². The van der Waals surface area contributed by atoms with Gasteiger partial charge in [-0.3, -0.25) is 13.9 Å². The first-order chi connectivity index (χ1) is 12.4. The van der Waals surface area contributed by atoms with Gasteiger partial charge in [0, 0.05) is 20.6 Å². The Morgan fingerprint density at radius 2 is 1.85 bits per heavy atom. The summed E-state index contributed by atoms with van der Waals surface area (Å²) in [5.74, 6) is 0.331. The molecule has 26 heavy (non-hydrogen) atoms. The Kier molecular flexibility index (Phi) is 4.92. The molecule has 0 saturated carbocycles. The third-order valence-corrected chi connectivity index (χ3v) is 4.25. The van der Waals surface area contributed by atoms with E-state index in [4.69, 9.17) is 5.11 Å². The van der Waals surface area contributed by atoms with Crippen molar-refractivity contribution in [3.8, 4) is 0 Å². The number of nitrogens with one attached hydrogen (secondary N) is 1. The van der Waals surface area contributed by atoms with Crippen molar-refractivity contribution < 1.29 is 10.2 Å². The standard InChI is InChI=1S/C17H21N5O4/c1-20-13-14(19-16(20)18-8-12(24)10-23)21(2)17(26)22(15(13)25)9-11-6-4-3-5-7-11/h3-7,12,23-24H,8-10H2,1-2H3,(H,18,19)/t12-/m0/s1. The molecule has 0 aliphatic rings. The quantitative estimate of drug-likeness (QED) is 0.533. The van der Waals surface area contributed by atoms with Crippen LogP contribution in [-0.2, 0) is 20.6 Å². The molecule has 2 heterocycles. The summed E-state index contributed by atoms with van der Waals surface area (Å²) in [6.07, 6.45) is -0.951. The second-order valence-electron chi connectivity index (χ2n) is 6.10. The van der Waals surface area contributed by atoms with E-state index < -0.39 is 17.4 Å². The molecule has 3 aromatic rings.